The first-order valence-corrected chi connectivity index (χ1v) is 6.49. The van der Waals surface area contributed by atoms with Crippen LogP contribution in [0.3, 0.4) is 0 Å². The lowest BCUT2D eigenvalue weighted by Gasteiger charge is -2.42. The summed E-state index contributed by atoms with van der Waals surface area (Å²) in [6.45, 7) is 2.67. The Hall–Kier alpha value is -2.37. The van der Waals surface area contributed by atoms with Crippen LogP contribution >= 0.6 is 0 Å². The summed E-state index contributed by atoms with van der Waals surface area (Å²) in [6.07, 6.45) is 0.177. The van der Waals surface area contributed by atoms with E-state index in [2.05, 4.69) is 12.1 Å². The van der Waals surface area contributed by atoms with E-state index in [4.69, 9.17) is 10.5 Å². The van der Waals surface area contributed by atoms with Crippen LogP contribution in [0.15, 0.2) is 24.3 Å². The highest BCUT2D eigenvalue weighted by molar-refractivity contribution is 5.98. The molecule has 0 aliphatic carbocycles. The molecule has 0 bridgehead atoms. The smallest absolute Gasteiger partial charge is 0.245 e. The van der Waals surface area contributed by atoms with Crippen molar-refractivity contribution < 1.29 is 4.79 Å². The lowest BCUT2D eigenvalue weighted by atomic mass is 10.0. The molecule has 102 valence electrons. The highest BCUT2D eigenvalue weighted by Gasteiger charge is 2.37. The first-order chi connectivity index (χ1) is 9.58. The van der Waals surface area contributed by atoms with Crippen molar-refractivity contribution in [1.82, 2.24) is 4.90 Å². The minimum absolute atomic E-state index is 0.0105. The Labute approximate surface area is 118 Å². The molecule has 2 atom stereocenters. The van der Waals surface area contributed by atoms with Crippen LogP contribution in [0.25, 0.3) is 0 Å². The standard InChI is InChI=1S/C15H16N4O/c1-11-10-18(2)14(6-7-16)15(20)19(11)13-5-3-4-12(8-13)9-17/h3-5,8,11,14H,6,10H2,1-2H3. The molecule has 1 heterocycles. The van der Waals surface area contributed by atoms with E-state index in [-0.39, 0.29) is 18.4 Å². The van der Waals surface area contributed by atoms with Crippen LogP contribution < -0.4 is 4.90 Å². The molecule has 1 aromatic rings. The molecule has 1 amide bonds. The Bertz CT molecular complexity index is 599. The first-order valence-electron chi connectivity index (χ1n) is 6.49. The number of carbonyl (C=O) groups is 1. The number of piperazine rings is 1. The molecular weight excluding hydrogens is 252 g/mol. The van der Waals surface area contributed by atoms with E-state index in [9.17, 15) is 4.79 Å². The van der Waals surface area contributed by atoms with Crippen LogP contribution in [0.1, 0.15) is 18.9 Å². The van der Waals surface area contributed by atoms with Gasteiger partial charge in [-0.1, -0.05) is 6.07 Å². The molecule has 1 aliphatic rings. The number of hydrogen-bond donors (Lipinski definition) is 0. The molecule has 0 N–H and O–H groups in total. The van der Waals surface area contributed by atoms with Crippen LogP contribution in [-0.2, 0) is 4.79 Å². The molecule has 0 saturated carbocycles. The van der Waals surface area contributed by atoms with Crippen molar-refractivity contribution in [3.05, 3.63) is 29.8 Å². The molecule has 1 saturated heterocycles. The third-order valence-electron chi connectivity index (χ3n) is 3.59. The predicted octanol–water partition coefficient (Wildman–Crippen LogP) is 1.51. The van der Waals surface area contributed by atoms with Crippen molar-refractivity contribution in [3.63, 3.8) is 0 Å². The molecule has 2 unspecified atom stereocenters. The van der Waals surface area contributed by atoms with E-state index in [1.54, 1.807) is 23.1 Å². The van der Waals surface area contributed by atoms with E-state index < -0.39 is 6.04 Å². The Morgan fingerprint density at radius 1 is 1.40 bits per heavy atom. The van der Waals surface area contributed by atoms with Crippen LogP contribution in [0, 0.1) is 22.7 Å². The zero-order valence-corrected chi connectivity index (χ0v) is 11.6. The van der Waals surface area contributed by atoms with Gasteiger partial charge >= 0.3 is 0 Å². The molecule has 1 fully saturated rings. The lowest BCUT2D eigenvalue weighted by molar-refractivity contribution is -0.126. The van der Waals surface area contributed by atoms with Crippen molar-refractivity contribution in [3.8, 4) is 12.1 Å². The van der Waals surface area contributed by atoms with Gasteiger partial charge in [-0.2, -0.15) is 10.5 Å². The molecule has 5 nitrogen and oxygen atoms in total. The largest absolute Gasteiger partial charge is 0.307 e. The van der Waals surface area contributed by atoms with Gasteiger partial charge in [0.1, 0.15) is 6.04 Å². The van der Waals surface area contributed by atoms with E-state index >= 15 is 0 Å². The van der Waals surface area contributed by atoms with E-state index in [0.29, 0.717) is 12.1 Å². The fraction of sp³-hybridized carbons (Fsp3) is 0.400. The SMILES string of the molecule is CC1CN(C)C(CC#N)C(=O)N1c1cccc(C#N)c1. The third-order valence-corrected chi connectivity index (χ3v) is 3.59. The second kappa shape index (κ2) is 5.73. The van der Waals surface area contributed by atoms with Crippen LogP contribution in [0.4, 0.5) is 5.69 Å². The Morgan fingerprint density at radius 2 is 2.15 bits per heavy atom. The lowest BCUT2D eigenvalue weighted by Crippen LogP contribution is -2.59. The molecule has 20 heavy (non-hydrogen) atoms. The number of anilines is 1. The van der Waals surface area contributed by atoms with Gasteiger partial charge in [-0.05, 0) is 32.2 Å². The molecular formula is C15H16N4O. The number of likely N-dealkylation sites (N-methyl/N-ethyl adjacent to an activating group) is 1. The zero-order valence-electron chi connectivity index (χ0n) is 11.6. The predicted molar refractivity (Wildman–Crippen MR) is 74.8 cm³/mol. The molecule has 1 aliphatic heterocycles. The van der Waals surface area contributed by atoms with Crippen LogP contribution in [-0.4, -0.2) is 36.5 Å². The van der Waals surface area contributed by atoms with Crippen LogP contribution in [0.2, 0.25) is 0 Å². The van der Waals surface area contributed by atoms with Crippen molar-refractivity contribution in [2.45, 2.75) is 25.4 Å². The Morgan fingerprint density at radius 3 is 2.80 bits per heavy atom. The second-order valence-electron chi connectivity index (χ2n) is 5.04. The maximum Gasteiger partial charge on any atom is 0.245 e. The van der Waals surface area contributed by atoms with Gasteiger partial charge in [-0.25, -0.2) is 0 Å². The summed E-state index contributed by atoms with van der Waals surface area (Å²) in [5.41, 5.74) is 1.25. The third kappa shape index (κ3) is 2.49. The summed E-state index contributed by atoms with van der Waals surface area (Å²) < 4.78 is 0. The summed E-state index contributed by atoms with van der Waals surface area (Å²) in [5, 5.41) is 17.8. The van der Waals surface area contributed by atoms with Crippen molar-refractivity contribution in [2.75, 3.05) is 18.5 Å². The van der Waals surface area contributed by atoms with E-state index in [1.807, 2.05) is 24.9 Å². The molecule has 1 aromatic carbocycles. The number of nitrogens with zero attached hydrogens (tertiary/aromatic N) is 4. The number of amides is 1. The van der Waals surface area contributed by atoms with Crippen molar-refractivity contribution >= 4 is 11.6 Å². The van der Waals surface area contributed by atoms with Crippen molar-refractivity contribution in [2.24, 2.45) is 0 Å². The zero-order chi connectivity index (χ0) is 14.7. The van der Waals surface area contributed by atoms with Gasteiger partial charge in [-0.3, -0.25) is 9.69 Å². The fourth-order valence-corrected chi connectivity index (χ4v) is 2.63. The molecule has 2 rings (SSSR count). The number of carbonyl (C=O) groups excluding carboxylic acids is 1. The van der Waals surface area contributed by atoms with Gasteiger partial charge in [0.25, 0.3) is 0 Å². The normalized spacial score (nSPS) is 23.2. The van der Waals surface area contributed by atoms with E-state index in [0.717, 1.165) is 5.69 Å². The number of hydrogen-bond acceptors (Lipinski definition) is 4. The quantitative estimate of drug-likeness (QED) is 0.815. The minimum Gasteiger partial charge on any atom is -0.307 e. The Kier molecular flexibility index (Phi) is 4.02. The summed E-state index contributed by atoms with van der Waals surface area (Å²) in [4.78, 5) is 16.2. The van der Waals surface area contributed by atoms with Gasteiger partial charge < -0.3 is 4.90 Å². The topological polar surface area (TPSA) is 71.1 Å². The summed E-state index contributed by atoms with van der Waals surface area (Å²) >= 11 is 0. The molecule has 0 spiro atoms. The monoisotopic (exact) mass is 268 g/mol. The fourth-order valence-electron chi connectivity index (χ4n) is 2.63. The summed E-state index contributed by atoms with van der Waals surface area (Å²) in [5.74, 6) is -0.0807. The van der Waals surface area contributed by atoms with Gasteiger partial charge in [0, 0.05) is 18.3 Å². The number of nitriles is 2. The van der Waals surface area contributed by atoms with Gasteiger partial charge in [-0.15, -0.1) is 0 Å². The first kappa shape index (κ1) is 14.0. The average Bonchev–Trinajstić information content (AvgIpc) is 2.43. The summed E-state index contributed by atoms with van der Waals surface area (Å²) in [6, 6.07) is 10.8. The van der Waals surface area contributed by atoms with Gasteiger partial charge in [0.05, 0.1) is 24.1 Å². The highest BCUT2D eigenvalue weighted by atomic mass is 16.2. The Balaban J connectivity index is 2.36. The maximum atomic E-state index is 12.6. The number of benzene rings is 1. The number of rotatable bonds is 2. The second-order valence-corrected chi connectivity index (χ2v) is 5.04. The van der Waals surface area contributed by atoms with Crippen molar-refractivity contribution in [1.29, 1.82) is 10.5 Å². The van der Waals surface area contributed by atoms with Crippen LogP contribution in [0.5, 0.6) is 0 Å². The highest BCUT2D eigenvalue weighted by Crippen LogP contribution is 2.25. The maximum absolute atomic E-state index is 12.6. The van der Waals surface area contributed by atoms with E-state index in [1.165, 1.54) is 0 Å². The average molecular weight is 268 g/mol. The molecule has 5 heteroatoms. The molecule has 0 aromatic heterocycles. The summed E-state index contributed by atoms with van der Waals surface area (Å²) in [7, 11) is 1.86. The van der Waals surface area contributed by atoms with Gasteiger partial charge in [0.2, 0.25) is 5.91 Å². The van der Waals surface area contributed by atoms with Gasteiger partial charge in [0.15, 0.2) is 0 Å². The molecule has 0 radical (unpaired) electrons. The minimum atomic E-state index is -0.415.